The monoisotopic (exact) mass is 457 g/mol. The summed E-state index contributed by atoms with van der Waals surface area (Å²) in [6.07, 6.45) is 5.86. The number of aromatic nitrogens is 3. The van der Waals surface area contributed by atoms with Gasteiger partial charge in [0.25, 0.3) is 11.9 Å². The number of nitrogens with one attached hydrogen (secondary N) is 1. The molecule has 1 amide bonds. The third-order valence-corrected chi connectivity index (χ3v) is 6.80. The van der Waals surface area contributed by atoms with Crippen molar-refractivity contribution in [1.29, 1.82) is 0 Å². The van der Waals surface area contributed by atoms with Crippen LogP contribution in [-0.4, -0.2) is 44.7 Å². The van der Waals surface area contributed by atoms with Crippen molar-refractivity contribution in [2.45, 2.75) is 39.7 Å². The number of rotatable bonds is 5. The average Bonchev–Trinajstić information content (AvgIpc) is 3.43. The third-order valence-electron chi connectivity index (χ3n) is 6.80. The minimum atomic E-state index is 0.0419. The molecule has 0 aliphatic carbocycles. The molecule has 2 aromatic carbocycles. The van der Waals surface area contributed by atoms with E-state index in [1.54, 1.807) is 4.68 Å². The summed E-state index contributed by atoms with van der Waals surface area (Å²) in [4.78, 5) is 20.5. The van der Waals surface area contributed by atoms with Crippen LogP contribution < -0.4 is 5.32 Å². The van der Waals surface area contributed by atoms with Crippen molar-refractivity contribution >= 4 is 23.0 Å². The fourth-order valence-corrected chi connectivity index (χ4v) is 4.92. The molecule has 176 valence electrons. The van der Waals surface area contributed by atoms with Gasteiger partial charge >= 0.3 is 0 Å². The summed E-state index contributed by atoms with van der Waals surface area (Å²) >= 11 is 0. The first-order chi connectivity index (χ1) is 16.4. The molecule has 5 rings (SSSR count). The van der Waals surface area contributed by atoms with Gasteiger partial charge in [-0.2, -0.15) is 10.1 Å². The number of anilines is 1. The molecule has 0 saturated carbocycles. The van der Waals surface area contributed by atoms with Gasteiger partial charge in [-0.25, -0.2) is 0 Å². The summed E-state index contributed by atoms with van der Waals surface area (Å²) in [5.41, 5.74) is 6.41. The highest BCUT2D eigenvalue weighted by atomic mass is 16.4. The first kappa shape index (κ1) is 22.2. The highest BCUT2D eigenvalue weighted by Gasteiger charge is 2.33. The molecule has 0 spiro atoms. The molecule has 0 bridgehead atoms. The Morgan fingerprint density at radius 2 is 1.97 bits per heavy atom. The Morgan fingerprint density at radius 3 is 2.76 bits per heavy atom. The number of hydrogen-bond donors (Lipinski definition) is 1. The Kier molecular flexibility index (Phi) is 5.86. The van der Waals surface area contributed by atoms with Crippen LogP contribution in [0.2, 0.25) is 0 Å². The summed E-state index contributed by atoms with van der Waals surface area (Å²) in [6, 6.07) is 12.6. The normalized spacial score (nSPS) is 18.4. The predicted octanol–water partition coefficient (Wildman–Crippen LogP) is 5.20. The summed E-state index contributed by atoms with van der Waals surface area (Å²) in [5.74, 6) is 0.428. The number of oxazole rings is 1. The van der Waals surface area contributed by atoms with Gasteiger partial charge in [-0.3, -0.25) is 9.48 Å². The molecule has 1 aliphatic heterocycles. The van der Waals surface area contributed by atoms with Gasteiger partial charge in [0.05, 0.1) is 12.2 Å². The zero-order valence-corrected chi connectivity index (χ0v) is 20.2. The molecule has 0 unspecified atom stereocenters. The van der Waals surface area contributed by atoms with Gasteiger partial charge in [-0.1, -0.05) is 30.7 Å². The molecule has 2 aromatic heterocycles. The lowest BCUT2D eigenvalue weighted by molar-refractivity contribution is 0.0540. The van der Waals surface area contributed by atoms with Gasteiger partial charge in [0.2, 0.25) is 0 Å². The molecule has 2 atom stereocenters. The number of carbonyl (C=O) groups is 1. The van der Waals surface area contributed by atoms with E-state index in [-0.39, 0.29) is 11.9 Å². The second-order valence-corrected chi connectivity index (χ2v) is 9.51. The van der Waals surface area contributed by atoms with Crippen LogP contribution in [0.5, 0.6) is 0 Å². The molecule has 3 heterocycles. The van der Waals surface area contributed by atoms with Crippen LogP contribution in [0.4, 0.5) is 6.01 Å². The van der Waals surface area contributed by atoms with Gasteiger partial charge < -0.3 is 14.6 Å². The maximum Gasteiger partial charge on any atom is 0.295 e. The number of amides is 1. The lowest BCUT2D eigenvalue weighted by Crippen LogP contribution is -2.51. The van der Waals surface area contributed by atoms with E-state index in [0.29, 0.717) is 18.5 Å². The molecular weight excluding hydrogens is 426 g/mol. The Hall–Kier alpha value is -3.61. The van der Waals surface area contributed by atoms with Gasteiger partial charge in [-0.15, -0.1) is 0 Å². The van der Waals surface area contributed by atoms with Crippen molar-refractivity contribution < 1.29 is 9.21 Å². The summed E-state index contributed by atoms with van der Waals surface area (Å²) < 4.78 is 7.65. The minimum absolute atomic E-state index is 0.0419. The highest BCUT2D eigenvalue weighted by Crippen LogP contribution is 2.30. The van der Waals surface area contributed by atoms with Crippen LogP contribution in [-0.2, 0) is 7.05 Å². The van der Waals surface area contributed by atoms with Crippen LogP contribution in [0.25, 0.3) is 22.2 Å². The van der Waals surface area contributed by atoms with E-state index in [2.05, 4.69) is 22.3 Å². The number of aryl methyl sites for hydroxylation is 3. The van der Waals surface area contributed by atoms with E-state index in [4.69, 9.17) is 4.42 Å². The Morgan fingerprint density at radius 1 is 1.18 bits per heavy atom. The zero-order chi connectivity index (χ0) is 23.8. The lowest BCUT2D eigenvalue weighted by atomic mass is 9.89. The Labute approximate surface area is 199 Å². The number of carbonyl (C=O) groups excluding carboxylic acids is 1. The number of benzene rings is 2. The molecule has 7 nitrogen and oxygen atoms in total. The molecular formula is C27H31N5O2. The standard InChI is InChI=1S/C27H31N5O2/c1-17-7-9-21(20-14-29-31(4)16-20)22(12-17)26(33)32-11-5-6-19(3)24(32)15-28-27-30-23-13-18(2)8-10-25(23)34-27/h7-10,12-14,16,19,24H,5-6,11,15H2,1-4H3,(H,28,30)/t19-,24-/m1/s1. The first-order valence-corrected chi connectivity index (χ1v) is 11.9. The molecule has 1 N–H and O–H groups in total. The fraction of sp³-hybridized carbons (Fsp3) is 0.370. The van der Waals surface area contributed by atoms with E-state index in [1.807, 2.05) is 74.6 Å². The maximum atomic E-state index is 13.9. The molecule has 34 heavy (non-hydrogen) atoms. The molecule has 1 fully saturated rings. The quantitative estimate of drug-likeness (QED) is 0.446. The number of likely N-dealkylation sites (tertiary alicyclic amines) is 1. The molecule has 4 aromatic rings. The summed E-state index contributed by atoms with van der Waals surface area (Å²) in [5, 5.41) is 7.67. The SMILES string of the molecule is Cc1ccc(-c2cnn(C)c2)c(C(=O)N2CCC[C@@H](C)[C@H]2CNc2nc3cc(C)ccc3o2)c1. The smallest absolute Gasteiger partial charge is 0.295 e. The van der Waals surface area contributed by atoms with Crippen LogP contribution >= 0.6 is 0 Å². The summed E-state index contributed by atoms with van der Waals surface area (Å²) in [6.45, 7) is 7.62. The topological polar surface area (TPSA) is 76.2 Å². The predicted molar refractivity (Wildman–Crippen MR) is 134 cm³/mol. The zero-order valence-electron chi connectivity index (χ0n) is 20.2. The second kappa shape index (κ2) is 8.97. The van der Waals surface area contributed by atoms with Crippen molar-refractivity contribution in [2.24, 2.45) is 13.0 Å². The van der Waals surface area contributed by atoms with E-state index in [0.717, 1.165) is 58.3 Å². The molecule has 1 saturated heterocycles. The number of hydrogen-bond acceptors (Lipinski definition) is 5. The highest BCUT2D eigenvalue weighted by molar-refractivity contribution is 6.01. The molecule has 0 radical (unpaired) electrons. The van der Waals surface area contributed by atoms with Crippen LogP contribution in [0.1, 0.15) is 41.3 Å². The third kappa shape index (κ3) is 4.30. The van der Waals surface area contributed by atoms with Gasteiger partial charge in [0, 0.05) is 37.5 Å². The van der Waals surface area contributed by atoms with Gasteiger partial charge in [0.15, 0.2) is 5.58 Å². The Balaban J connectivity index is 1.41. The van der Waals surface area contributed by atoms with Crippen molar-refractivity contribution in [3.05, 3.63) is 65.5 Å². The summed E-state index contributed by atoms with van der Waals surface area (Å²) in [7, 11) is 1.89. The van der Waals surface area contributed by atoms with E-state index >= 15 is 0 Å². The van der Waals surface area contributed by atoms with E-state index in [9.17, 15) is 4.79 Å². The van der Waals surface area contributed by atoms with Gasteiger partial charge in [-0.05, 0) is 61.9 Å². The van der Waals surface area contributed by atoms with Crippen molar-refractivity contribution in [3.63, 3.8) is 0 Å². The fourth-order valence-electron chi connectivity index (χ4n) is 4.92. The van der Waals surface area contributed by atoms with Gasteiger partial charge in [0.1, 0.15) is 5.52 Å². The molecule has 1 aliphatic rings. The molecule has 7 heteroatoms. The van der Waals surface area contributed by atoms with Crippen molar-refractivity contribution in [2.75, 3.05) is 18.4 Å². The first-order valence-electron chi connectivity index (χ1n) is 11.9. The van der Waals surface area contributed by atoms with Crippen LogP contribution in [0, 0.1) is 19.8 Å². The number of piperidine rings is 1. The average molecular weight is 458 g/mol. The maximum absolute atomic E-state index is 13.9. The van der Waals surface area contributed by atoms with Crippen LogP contribution in [0.15, 0.2) is 53.2 Å². The largest absolute Gasteiger partial charge is 0.424 e. The van der Waals surface area contributed by atoms with Crippen molar-refractivity contribution in [1.82, 2.24) is 19.7 Å². The van der Waals surface area contributed by atoms with Crippen LogP contribution in [0.3, 0.4) is 0 Å². The van der Waals surface area contributed by atoms with E-state index < -0.39 is 0 Å². The number of fused-ring (bicyclic) bond motifs is 1. The van der Waals surface area contributed by atoms with Crippen molar-refractivity contribution in [3.8, 4) is 11.1 Å². The Bertz CT molecular complexity index is 1340. The lowest BCUT2D eigenvalue weighted by Gasteiger charge is -2.40. The second-order valence-electron chi connectivity index (χ2n) is 9.51. The van der Waals surface area contributed by atoms with E-state index in [1.165, 1.54) is 0 Å². The number of nitrogens with zero attached hydrogens (tertiary/aromatic N) is 4. The minimum Gasteiger partial charge on any atom is -0.424 e.